The number of benzene rings is 1. The van der Waals surface area contributed by atoms with Crippen molar-refractivity contribution in [1.82, 2.24) is 4.98 Å². The van der Waals surface area contributed by atoms with Crippen molar-refractivity contribution in [1.29, 1.82) is 0 Å². The normalized spacial score (nSPS) is 11.0. The molecule has 0 aliphatic heterocycles. The molecule has 2 nitrogen and oxygen atoms in total. The third kappa shape index (κ3) is 1.36. The van der Waals surface area contributed by atoms with Gasteiger partial charge in [0.25, 0.3) is 0 Å². The molecule has 1 aromatic heterocycles. The molecule has 1 aromatic carbocycles. The van der Waals surface area contributed by atoms with Crippen LogP contribution >= 0.6 is 15.9 Å². The average Bonchev–Trinajstić information content (AvgIpc) is 2.55. The van der Waals surface area contributed by atoms with E-state index in [1.165, 1.54) is 0 Å². The first-order chi connectivity index (χ1) is 6.22. The summed E-state index contributed by atoms with van der Waals surface area (Å²) in [5.74, 6) is -0.242. The molecule has 13 heavy (non-hydrogen) atoms. The monoisotopic (exact) mass is 242 g/mol. The lowest BCUT2D eigenvalue weighted by molar-refractivity contribution is 0.633. The van der Waals surface area contributed by atoms with E-state index < -0.39 is 0 Å². The van der Waals surface area contributed by atoms with Gasteiger partial charge < -0.3 is 10.7 Å². The molecule has 0 radical (unpaired) electrons. The molecular formula is C9H8BrFN2. The van der Waals surface area contributed by atoms with E-state index in [0.29, 0.717) is 16.4 Å². The largest absolute Gasteiger partial charge is 0.357 e. The molecule has 0 spiro atoms. The fourth-order valence-electron chi connectivity index (χ4n) is 1.31. The summed E-state index contributed by atoms with van der Waals surface area (Å²) < 4.78 is 13.9. The second kappa shape index (κ2) is 3.12. The van der Waals surface area contributed by atoms with E-state index >= 15 is 0 Å². The van der Waals surface area contributed by atoms with Gasteiger partial charge in [0.05, 0.1) is 4.47 Å². The van der Waals surface area contributed by atoms with Crippen LogP contribution in [0.1, 0.15) is 5.69 Å². The first-order valence-electron chi connectivity index (χ1n) is 3.88. The van der Waals surface area contributed by atoms with E-state index in [1.807, 2.05) is 6.07 Å². The number of fused-ring (bicyclic) bond motifs is 1. The second-order valence-corrected chi connectivity index (χ2v) is 3.68. The predicted molar refractivity (Wildman–Crippen MR) is 53.8 cm³/mol. The van der Waals surface area contributed by atoms with Gasteiger partial charge in [-0.2, -0.15) is 0 Å². The molecule has 0 atom stereocenters. The molecule has 2 rings (SSSR count). The Morgan fingerprint density at radius 1 is 1.46 bits per heavy atom. The highest BCUT2D eigenvalue weighted by Gasteiger charge is 2.07. The van der Waals surface area contributed by atoms with E-state index in [1.54, 1.807) is 12.1 Å². The molecule has 1 heterocycles. The van der Waals surface area contributed by atoms with Crippen LogP contribution in [0.5, 0.6) is 0 Å². The Morgan fingerprint density at radius 3 is 2.92 bits per heavy atom. The Hall–Kier alpha value is -0.870. The van der Waals surface area contributed by atoms with Gasteiger partial charge in [-0.25, -0.2) is 4.39 Å². The molecular weight excluding hydrogens is 235 g/mol. The molecule has 0 aliphatic rings. The zero-order valence-electron chi connectivity index (χ0n) is 6.77. The predicted octanol–water partition coefficient (Wildman–Crippen LogP) is 2.53. The number of halogens is 2. The topological polar surface area (TPSA) is 41.8 Å². The molecule has 68 valence electrons. The van der Waals surface area contributed by atoms with Crippen LogP contribution in [0, 0.1) is 5.82 Å². The molecule has 2 aromatic rings. The van der Waals surface area contributed by atoms with Gasteiger partial charge in [0.2, 0.25) is 0 Å². The van der Waals surface area contributed by atoms with Crippen LogP contribution in [0.25, 0.3) is 10.9 Å². The molecule has 0 bridgehead atoms. The summed E-state index contributed by atoms with van der Waals surface area (Å²) in [6, 6.07) is 5.23. The minimum Gasteiger partial charge on any atom is -0.357 e. The van der Waals surface area contributed by atoms with Gasteiger partial charge in [-0.05, 0) is 34.1 Å². The van der Waals surface area contributed by atoms with Crippen LogP contribution in [0.4, 0.5) is 4.39 Å². The SMILES string of the molecule is NCc1cc2c(F)c(Br)ccc2[nH]1. The maximum atomic E-state index is 13.4. The molecule has 0 unspecified atom stereocenters. The van der Waals surface area contributed by atoms with Crippen molar-refractivity contribution < 1.29 is 4.39 Å². The lowest BCUT2D eigenvalue weighted by atomic mass is 10.2. The summed E-state index contributed by atoms with van der Waals surface area (Å²) in [4.78, 5) is 3.03. The molecule has 0 fully saturated rings. The van der Waals surface area contributed by atoms with E-state index in [9.17, 15) is 4.39 Å². The molecule has 0 saturated heterocycles. The Labute approximate surface area is 83.1 Å². The van der Waals surface area contributed by atoms with Gasteiger partial charge in [0, 0.05) is 23.1 Å². The van der Waals surface area contributed by atoms with E-state index in [4.69, 9.17) is 5.73 Å². The zero-order chi connectivity index (χ0) is 9.42. The molecule has 3 N–H and O–H groups in total. The van der Waals surface area contributed by atoms with E-state index in [2.05, 4.69) is 20.9 Å². The summed E-state index contributed by atoms with van der Waals surface area (Å²) in [5, 5.41) is 0.579. The lowest BCUT2D eigenvalue weighted by Crippen LogP contribution is -1.94. The summed E-state index contributed by atoms with van der Waals surface area (Å²) in [6.07, 6.45) is 0. The molecule has 0 aliphatic carbocycles. The third-order valence-electron chi connectivity index (χ3n) is 1.97. The fourth-order valence-corrected chi connectivity index (χ4v) is 1.66. The van der Waals surface area contributed by atoms with Crippen molar-refractivity contribution in [2.75, 3.05) is 0 Å². The smallest absolute Gasteiger partial charge is 0.146 e. The Morgan fingerprint density at radius 2 is 2.23 bits per heavy atom. The summed E-state index contributed by atoms with van der Waals surface area (Å²) in [7, 11) is 0. The number of nitrogens with two attached hydrogens (primary N) is 1. The number of hydrogen-bond donors (Lipinski definition) is 2. The molecule has 0 saturated carbocycles. The van der Waals surface area contributed by atoms with Crippen molar-refractivity contribution >= 4 is 26.8 Å². The minimum absolute atomic E-state index is 0.242. The molecule has 4 heteroatoms. The van der Waals surface area contributed by atoms with Gasteiger partial charge in [-0.3, -0.25) is 0 Å². The van der Waals surface area contributed by atoms with Gasteiger partial charge in [0.1, 0.15) is 5.82 Å². The molecule has 0 amide bonds. The highest BCUT2D eigenvalue weighted by atomic mass is 79.9. The van der Waals surface area contributed by atoms with Crippen LogP contribution in [0.3, 0.4) is 0 Å². The van der Waals surface area contributed by atoms with Crippen LogP contribution < -0.4 is 5.73 Å². The quantitative estimate of drug-likeness (QED) is 0.793. The highest BCUT2D eigenvalue weighted by Crippen LogP contribution is 2.25. The Kier molecular flexibility index (Phi) is 2.09. The first kappa shape index (κ1) is 8.72. The van der Waals surface area contributed by atoms with E-state index in [-0.39, 0.29) is 5.82 Å². The van der Waals surface area contributed by atoms with Crippen LogP contribution in [0.15, 0.2) is 22.7 Å². The van der Waals surface area contributed by atoms with Gasteiger partial charge in [-0.1, -0.05) is 0 Å². The van der Waals surface area contributed by atoms with Gasteiger partial charge in [0.15, 0.2) is 0 Å². The number of H-pyrrole nitrogens is 1. The lowest BCUT2D eigenvalue weighted by Gasteiger charge is -1.94. The number of rotatable bonds is 1. The van der Waals surface area contributed by atoms with Crippen molar-refractivity contribution in [3.8, 4) is 0 Å². The third-order valence-corrected chi connectivity index (χ3v) is 2.58. The maximum Gasteiger partial charge on any atom is 0.146 e. The fraction of sp³-hybridized carbons (Fsp3) is 0.111. The highest BCUT2D eigenvalue weighted by molar-refractivity contribution is 9.10. The van der Waals surface area contributed by atoms with Crippen molar-refractivity contribution in [3.05, 3.63) is 34.2 Å². The number of aromatic nitrogens is 1. The summed E-state index contributed by atoms with van der Waals surface area (Å²) in [5.41, 5.74) is 7.06. The van der Waals surface area contributed by atoms with Crippen molar-refractivity contribution in [2.45, 2.75) is 6.54 Å². The average molecular weight is 243 g/mol. The Balaban J connectivity index is 2.76. The summed E-state index contributed by atoms with van der Waals surface area (Å²) in [6.45, 7) is 0.395. The van der Waals surface area contributed by atoms with Crippen LogP contribution in [0.2, 0.25) is 0 Å². The van der Waals surface area contributed by atoms with Gasteiger partial charge in [-0.15, -0.1) is 0 Å². The van der Waals surface area contributed by atoms with Gasteiger partial charge >= 0.3 is 0 Å². The van der Waals surface area contributed by atoms with E-state index in [0.717, 1.165) is 11.2 Å². The maximum absolute atomic E-state index is 13.4. The first-order valence-corrected chi connectivity index (χ1v) is 4.67. The number of aromatic amines is 1. The number of nitrogens with one attached hydrogen (secondary N) is 1. The second-order valence-electron chi connectivity index (χ2n) is 2.82. The minimum atomic E-state index is -0.242. The number of hydrogen-bond acceptors (Lipinski definition) is 1. The van der Waals surface area contributed by atoms with Crippen molar-refractivity contribution in [3.63, 3.8) is 0 Å². The van der Waals surface area contributed by atoms with Crippen molar-refractivity contribution in [2.24, 2.45) is 5.73 Å². The Bertz CT molecular complexity index is 450. The zero-order valence-corrected chi connectivity index (χ0v) is 8.36. The van der Waals surface area contributed by atoms with Crippen LogP contribution in [-0.4, -0.2) is 4.98 Å². The van der Waals surface area contributed by atoms with Crippen LogP contribution in [-0.2, 0) is 6.54 Å². The summed E-state index contributed by atoms with van der Waals surface area (Å²) >= 11 is 3.13. The standard InChI is InChI=1S/C9H8BrFN2/c10-7-1-2-8-6(9(7)11)3-5(4-12)13-8/h1-3,13H,4,12H2.